The topological polar surface area (TPSA) is 35.5 Å². The molecule has 5 heteroatoms. The molecule has 0 saturated heterocycles. The van der Waals surface area contributed by atoms with Crippen molar-refractivity contribution in [2.75, 3.05) is 0 Å². The second-order valence-corrected chi connectivity index (χ2v) is 7.91. The quantitative estimate of drug-likeness (QED) is 0.522. The van der Waals surface area contributed by atoms with Crippen LogP contribution in [0.1, 0.15) is 33.3 Å². The molecule has 0 saturated carbocycles. The Morgan fingerprint density at radius 1 is 1.06 bits per heavy atom. The third-order valence-corrected chi connectivity index (χ3v) is 4.99. The van der Waals surface area contributed by atoms with E-state index in [-0.39, 0.29) is 12.2 Å². The minimum absolute atomic E-state index is 0.113. The summed E-state index contributed by atoms with van der Waals surface area (Å²) in [6.07, 6.45) is 0.0946. The van der Waals surface area contributed by atoms with Crippen molar-refractivity contribution >= 4 is 30.2 Å². The van der Waals surface area contributed by atoms with Gasteiger partial charge in [-0.05, 0) is 68.0 Å². The average Bonchev–Trinajstić information content (AvgIpc) is 2.18. The summed E-state index contributed by atoms with van der Waals surface area (Å²) in [4.78, 5) is 0. The van der Waals surface area contributed by atoms with Crippen LogP contribution in [0.3, 0.4) is 0 Å². The largest absolute Gasteiger partial charge is 0.335 e. The molecule has 0 aliphatic heterocycles. The first kappa shape index (κ1) is 16.2. The summed E-state index contributed by atoms with van der Waals surface area (Å²) in [6.45, 7) is 7.46. The molecule has 3 nitrogen and oxygen atoms in total. The summed E-state index contributed by atoms with van der Waals surface area (Å²) in [6, 6.07) is 7.90. The third-order valence-electron chi connectivity index (χ3n) is 2.03. The van der Waals surface area contributed by atoms with Crippen LogP contribution in [0.4, 0.5) is 0 Å². The van der Waals surface area contributed by atoms with Gasteiger partial charge in [0.05, 0.1) is 18.4 Å². The number of halogens is 1. The molecule has 102 valence electrons. The van der Waals surface area contributed by atoms with Crippen LogP contribution in [0.15, 0.2) is 24.3 Å². The van der Waals surface area contributed by atoms with E-state index >= 15 is 0 Å². The molecule has 1 aromatic rings. The maximum Gasteiger partial charge on any atom is 0.335 e. The molecule has 0 amide bonds. The van der Waals surface area contributed by atoms with Crippen LogP contribution in [-0.2, 0) is 19.8 Å². The summed E-state index contributed by atoms with van der Waals surface area (Å²) in [5.74, 6) is 0. The van der Waals surface area contributed by atoms with Crippen molar-refractivity contribution < 1.29 is 13.6 Å². The van der Waals surface area contributed by atoms with Crippen molar-refractivity contribution in [3.8, 4) is 0 Å². The smallest absolute Gasteiger partial charge is 0.306 e. The van der Waals surface area contributed by atoms with E-state index in [9.17, 15) is 4.57 Å². The highest BCUT2D eigenvalue weighted by molar-refractivity contribution is 14.1. The van der Waals surface area contributed by atoms with Gasteiger partial charge in [-0.15, -0.1) is 0 Å². The van der Waals surface area contributed by atoms with E-state index in [2.05, 4.69) is 22.6 Å². The first-order valence-electron chi connectivity index (χ1n) is 6.01. The highest BCUT2D eigenvalue weighted by Gasteiger charge is 2.27. The monoisotopic (exact) mass is 382 g/mol. The van der Waals surface area contributed by atoms with Gasteiger partial charge in [-0.3, -0.25) is 4.57 Å². The molecule has 1 rings (SSSR count). The Balaban J connectivity index is 2.84. The molecular formula is C13H20IO3P. The Morgan fingerprint density at radius 3 is 1.89 bits per heavy atom. The summed E-state index contributed by atoms with van der Waals surface area (Å²) in [5.41, 5.74) is 0.972. The van der Waals surface area contributed by atoms with Crippen LogP contribution in [0.5, 0.6) is 0 Å². The first-order valence-corrected chi connectivity index (χ1v) is 8.82. The van der Waals surface area contributed by atoms with Gasteiger partial charge in [-0.2, -0.15) is 0 Å². The van der Waals surface area contributed by atoms with E-state index in [1.54, 1.807) is 0 Å². The SMILES string of the molecule is CC(C)OP(=O)(Cc1ccc(I)cc1)OC(C)C. The summed E-state index contributed by atoms with van der Waals surface area (Å²) in [7, 11) is -3.07. The molecule has 0 fully saturated rings. The lowest BCUT2D eigenvalue weighted by atomic mass is 10.2. The van der Waals surface area contributed by atoms with Crippen LogP contribution < -0.4 is 0 Å². The molecule has 0 aliphatic carbocycles. The van der Waals surface area contributed by atoms with Gasteiger partial charge >= 0.3 is 7.60 Å². The molecule has 0 radical (unpaired) electrons. The lowest BCUT2D eigenvalue weighted by Crippen LogP contribution is -2.09. The fourth-order valence-electron chi connectivity index (χ4n) is 1.56. The van der Waals surface area contributed by atoms with Crippen molar-refractivity contribution in [1.29, 1.82) is 0 Å². The first-order chi connectivity index (χ1) is 8.31. The zero-order chi connectivity index (χ0) is 13.8. The average molecular weight is 382 g/mol. The van der Waals surface area contributed by atoms with Crippen molar-refractivity contribution in [2.24, 2.45) is 0 Å². The van der Waals surface area contributed by atoms with Crippen LogP contribution in [0, 0.1) is 3.57 Å². The Kier molecular flexibility index (Phi) is 6.31. The van der Waals surface area contributed by atoms with Crippen molar-refractivity contribution in [3.63, 3.8) is 0 Å². The van der Waals surface area contributed by atoms with E-state index in [1.807, 2.05) is 52.0 Å². The normalized spacial score (nSPS) is 12.4. The Morgan fingerprint density at radius 2 is 1.50 bits per heavy atom. The molecule has 0 bridgehead atoms. The lowest BCUT2D eigenvalue weighted by molar-refractivity contribution is 0.141. The minimum Gasteiger partial charge on any atom is -0.306 e. The Hall–Kier alpha value is 0.1000. The Bertz CT molecular complexity index is 401. The highest BCUT2D eigenvalue weighted by atomic mass is 127. The molecule has 0 N–H and O–H groups in total. The summed E-state index contributed by atoms with van der Waals surface area (Å²) >= 11 is 2.24. The van der Waals surface area contributed by atoms with Crippen molar-refractivity contribution in [1.82, 2.24) is 0 Å². The molecule has 18 heavy (non-hydrogen) atoms. The van der Waals surface area contributed by atoms with Gasteiger partial charge in [0.25, 0.3) is 0 Å². The van der Waals surface area contributed by atoms with Crippen molar-refractivity contribution in [2.45, 2.75) is 46.1 Å². The zero-order valence-electron chi connectivity index (χ0n) is 11.2. The van der Waals surface area contributed by atoms with Gasteiger partial charge in [0.1, 0.15) is 0 Å². The molecule has 1 aromatic carbocycles. The van der Waals surface area contributed by atoms with E-state index in [0.29, 0.717) is 6.16 Å². The van der Waals surface area contributed by atoms with Gasteiger partial charge in [0.15, 0.2) is 0 Å². The summed E-state index contributed by atoms with van der Waals surface area (Å²) < 4.78 is 24.8. The van der Waals surface area contributed by atoms with Gasteiger partial charge in [-0.1, -0.05) is 12.1 Å². The van der Waals surface area contributed by atoms with Gasteiger partial charge in [0, 0.05) is 3.57 Å². The van der Waals surface area contributed by atoms with Gasteiger partial charge in [-0.25, -0.2) is 0 Å². The summed E-state index contributed by atoms with van der Waals surface area (Å²) in [5, 5.41) is 0. The number of rotatable bonds is 6. The second-order valence-electron chi connectivity index (χ2n) is 4.70. The van der Waals surface area contributed by atoms with Crippen LogP contribution >= 0.6 is 30.2 Å². The highest BCUT2D eigenvalue weighted by Crippen LogP contribution is 2.53. The molecule has 0 spiro atoms. The fourth-order valence-corrected chi connectivity index (χ4v) is 4.06. The standard InChI is InChI=1S/C13H20IO3P/c1-10(2)16-18(15,17-11(3)4)9-12-5-7-13(14)8-6-12/h5-8,10-11H,9H2,1-4H3. The molecular weight excluding hydrogens is 362 g/mol. The van der Waals surface area contributed by atoms with Crippen LogP contribution in [0.2, 0.25) is 0 Å². The maximum atomic E-state index is 12.6. The predicted octanol–water partition coefficient (Wildman–Crippen LogP) is 4.83. The van der Waals surface area contributed by atoms with E-state index in [1.165, 1.54) is 0 Å². The van der Waals surface area contributed by atoms with Gasteiger partial charge in [0.2, 0.25) is 0 Å². The Labute approximate surface area is 123 Å². The van der Waals surface area contributed by atoms with E-state index in [0.717, 1.165) is 9.13 Å². The van der Waals surface area contributed by atoms with Crippen LogP contribution in [0.25, 0.3) is 0 Å². The third kappa shape index (κ3) is 5.83. The zero-order valence-corrected chi connectivity index (χ0v) is 14.3. The molecule has 0 unspecified atom stereocenters. The minimum atomic E-state index is -3.07. The number of benzene rings is 1. The fraction of sp³-hybridized carbons (Fsp3) is 0.538. The van der Waals surface area contributed by atoms with E-state index < -0.39 is 7.60 Å². The molecule has 0 atom stereocenters. The maximum absolute atomic E-state index is 12.6. The number of hydrogen-bond acceptors (Lipinski definition) is 3. The van der Waals surface area contributed by atoms with Gasteiger partial charge < -0.3 is 9.05 Å². The number of hydrogen-bond donors (Lipinski definition) is 0. The van der Waals surface area contributed by atoms with E-state index in [4.69, 9.17) is 9.05 Å². The van der Waals surface area contributed by atoms with Crippen LogP contribution in [-0.4, -0.2) is 12.2 Å². The molecule has 0 heterocycles. The molecule has 0 aliphatic rings. The van der Waals surface area contributed by atoms with Crippen molar-refractivity contribution in [3.05, 3.63) is 33.4 Å². The predicted molar refractivity (Wildman–Crippen MR) is 82.9 cm³/mol. The lowest BCUT2D eigenvalue weighted by Gasteiger charge is -2.22. The second kappa shape index (κ2) is 7.04. The molecule has 0 aromatic heterocycles.